The molecule has 0 saturated carbocycles. The summed E-state index contributed by atoms with van der Waals surface area (Å²) in [7, 11) is 0. The molecule has 2 aliphatic rings. The van der Waals surface area contributed by atoms with E-state index in [0.29, 0.717) is 19.3 Å². The molecule has 0 aromatic carbocycles. The molecular weight excluding hydrogens is 1030 g/mol. The molecule has 0 bridgehead atoms. The SMILES string of the molecule is CC/C=C\C/C=C\C/C=C\C/C=C\C/C=C\C/C=C\C/C=C\CCCC(=O)NC(COC1OC(CO)C(OC2OC(CO)C(O)C(O)C2O)C(O)C1O)C(O)/C=C/CC/C=C/CCCCCCCCCCCCCCCCCCCC. The Kier molecular flexibility index (Phi) is 46.5. The van der Waals surface area contributed by atoms with Gasteiger partial charge in [-0.2, -0.15) is 0 Å². The van der Waals surface area contributed by atoms with Crippen molar-refractivity contribution in [1.82, 2.24) is 5.32 Å². The first-order chi connectivity index (χ1) is 39.6. The first-order valence-corrected chi connectivity index (χ1v) is 31.6. The Morgan fingerprint density at radius 1 is 0.457 bits per heavy atom. The lowest BCUT2D eigenvalue weighted by Gasteiger charge is -2.46. The summed E-state index contributed by atoms with van der Waals surface area (Å²) >= 11 is 0. The maximum Gasteiger partial charge on any atom is 0.220 e. The van der Waals surface area contributed by atoms with E-state index in [0.717, 1.165) is 57.8 Å². The zero-order chi connectivity index (χ0) is 58.8. The molecule has 2 aliphatic heterocycles. The van der Waals surface area contributed by atoms with Crippen molar-refractivity contribution >= 4 is 5.91 Å². The van der Waals surface area contributed by atoms with Gasteiger partial charge in [0.15, 0.2) is 12.6 Å². The van der Waals surface area contributed by atoms with Crippen molar-refractivity contribution < 1.29 is 64.6 Å². The molecule has 2 rings (SSSR count). The molecular formula is C67H113NO13. The van der Waals surface area contributed by atoms with E-state index in [1.165, 1.54) is 116 Å². The first-order valence-electron chi connectivity index (χ1n) is 31.6. The molecule has 1 amide bonds. The number of allylic oxidation sites excluding steroid dienone is 17. The number of rotatable bonds is 49. The second-order valence-electron chi connectivity index (χ2n) is 21.8. The summed E-state index contributed by atoms with van der Waals surface area (Å²) in [6.07, 6.45) is 55.7. The van der Waals surface area contributed by atoms with Gasteiger partial charge >= 0.3 is 0 Å². The molecule has 0 radical (unpaired) electrons. The van der Waals surface area contributed by atoms with Crippen LogP contribution in [0.15, 0.2) is 109 Å². The zero-order valence-corrected chi connectivity index (χ0v) is 50.0. The molecule has 12 atom stereocenters. The third kappa shape index (κ3) is 36.2. The monoisotopic (exact) mass is 1140 g/mol. The van der Waals surface area contributed by atoms with Crippen LogP contribution in [0.1, 0.15) is 213 Å². The Balaban J connectivity index is 1.80. The van der Waals surface area contributed by atoms with Gasteiger partial charge in [-0.3, -0.25) is 4.79 Å². The van der Waals surface area contributed by atoms with Crippen molar-refractivity contribution in [2.75, 3.05) is 19.8 Å². The highest BCUT2D eigenvalue weighted by atomic mass is 16.7. The smallest absolute Gasteiger partial charge is 0.220 e. The van der Waals surface area contributed by atoms with Crippen LogP contribution in [0.4, 0.5) is 0 Å². The number of amides is 1. The van der Waals surface area contributed by atoms with Gasteiger partial charge < -0.3 is 65.1 Å². The van der Waals surface area contributed by atoms with Crippen LogP contribution in [0.5, 0.6) is 0 Å². The Hall–Kier alpha value is -3.35. The topological polar surface area (TPSA) is 228 Å². The van der Waals surface area contributed by atoms with E-state index in [1.54, 1.807) is 6.08 Å². The predicted octanol–water partition coefficient (Wildman–Crippen LogP) is 11.6. The summed E-state index contributed by atoms with van der Waals surface area (Å²) in [5, 5.41) is 87.2. The quantitative estimate of drug-likeness (QED) is 0.0204. The van der Waals surface area contributed by atoms with Crippen LogP contribution >= 0.6 is 0 Å². The lowest BCUT2D eigenvalue weighted by molar-refractivity contribution is -0.359. The number of hydrogen-bond acceptors (Lipinski definition) is 13. The maximum absolute atomic E-state index is 13.3. The second-order valence-corrected chi connectivity index (χ2v) is 21.8. The van der Waals surface area contributed by atoms with Crippen LogP contribution < -0.4 is 5.32 Å². The lowest BCUT2D eigenvalue weighted by atomic mass is 9.97. The van der Waals surface area contributed by atoms with E-state index in [4.69, 9.17) is 18.9 Å². The molecule has 14 heteroatoms. The summed E-state index contributed by atoms with van der Waals surface area (Å²) in [5.41, 5.74) is 0. The Bertz CT molecular complexity index is 1770. The Labute approximate surface area is 489 Å². The first kappa shape index (κ1) is 73.8. The molecule has 81 heavy (non-hydrogen) atoms. The van der Waals surface area contributed by atoms with Crippen LogP contribution in [0.25, 0.3) is 0 Å². The molecule has 0 aliphatic carbocycles. The van der Waals surface area contributed by atoms with Gasteiger partial charge in [0.1, 0.15) is 48.8 Å². The molecule has 0 aromatic rings. The fraction of sp³-hybridized carbons (Fsp3) is 0.716. The number of ether oxygens (including phenoxy) is 4. The van der Waals surface area contributed by atoms with Crippen LogP contribution in [0.2, 0.25) is 0 Å². The number of unbranched alkanes of at least 4 members (excludes halogenated alkanes) is 20. The van der Waals surface area contributed by atoms with Crippen molar-refractivity contribution in [2.24, 2.45) is 0 Å². The fourth-order valence-electron chi connectivity index (χ4n) is 9.65. The number of nitrogens with one attached hydrogen (secondary N) is 1. The van der Waals surface area contributed by atoms with Crippen molar-refractivity contribution in [2.45, 2.75) is 286 Å². The highest BCUT2D eigenvalue weighted by Crippen LogP contribution is 2.30. The lowest BCUT2D eigenvalue weighted by Crippen LogP contribution is -2.65. The average Bonchev–Trinajstić information content (AvgIpc) is 3.47. The highest BCUT2D eigenvalue weighted by Gasteiger charge is 2.51. The summed E-state index contributed by atoms with van der Waals surface area (Å²) < 4.78 is 22.8. The van der Waals surface area contributed by atoms with Gasteiger partial charge in [0.2, 0.25) is 5.91 Å². The molecule has 0 spiro atoms. The second kappa shape index (κ2) is 51.1. The Morgan fingerprint density at radius 3 is 1.36 bits per heavy atom. The van der Waals surface area contributed by atoms with E-state index in [9.17, 15) is 45.6 Å². The molecule has 2 saturated heterocycles. The van der Waals surface area contributed by atoms with Crippen molar-refractivity contribution in [3.05, 3.63) is 109 Å². The maximum atomic E-state index is 13.3. The third-order valence-electron chi connectivity index (χ3n) is 14.7. The summed E-state index contributed by atoms with van der Waals surface area (Å²) in [6.45, 7) is 2.63. The van der Waals surface area contributed by atoms with Crippen molar-refractivity contribution in [3.8, 4) is 0 Å². The van der Waals surface area contributed by atoms with Gasteiger partial charge in [-0.15, -0.1) is 0 Å². The van der Waals surface area contributed by atoms with Gasteiger partial charge in [0.25, 0.3) is 0 Å². The number of hydrogen-bond donors (Lipinski definition) is 9. The molecule has 2 fully saturated rings. The van der Waals surface area contributed by atoms with E-state index < -0.39 is 86.8 Å². The number of carbonyl (C=O) groups is 1. The molecule has 9 N–H and O–H groups in total. The zero-order valence-electron chi connectivity index (χ0n) is 50.0. The van der Waals surface area contributed by atoms with E-state index in [-0.39, 0.29) is 18.9 Å². The summed E-state index contributed by atoms with van der Waals surface area (Å²) in [6, 6.07) is -0.971. The third-order valence-corrected chi connectivity index (χ3v) is 14.7. The number of carbonyl (C=O) groups excluding carboxylic acids is 1. The van der Waals surface area contributed by atoms with Gasteiger partial charge in [-0.05, 0) is 83.5 Å². The summed E-state index contributed by atoms with van der Waals surface area (Å²) in [4.78, 5) is 13.3. The molecule has 12 unspecified atom stereocenters. The van der Waals surface area contributed by atoms with E-state index >= 15 is 0 Å². The van der Waals surface area contributed by atoms with Gasteiger partial charge in [0, 0.05) is 6.42 Å². The van der Waals surface area contributed by atoms with Gasteiger partial charge in [0.05, 0.1) is 32.0 Å². The minimum Gasteiger partial charge on any atom is -0.394 e. The Morgan fingerprint density at radius 2 is 0.864 bits per heavy atom. The van der Waals surface area contributed by atoms with Crippen LogP contribution in [-0.4, -0.2) is 140 Å². The molecule has 2 heterocycles. The predicted molar refractivity (Wildman–Crippen MR) is 327 cm³/mol. The highest BCUT2D eigenvalue weighted by molar-refractivity contribution is 5.76. The average molecular weight is 1140 g/mol. The van der Waals surface area contributed by atoms with E-state index in [2.05, 4.69) is 110 Å². The number of aliphatic hydroxyl groups excluding tert-OH is 8. The number of aliphatic hydroxyl groups is 8. The van der Waals surface area contributed by atoms with Crippen LogP contribution in [0.3, 0.4) is 0 Å². The summed E-state index contributed by atoms with van der Waals surface area (Å²) in [5.74, 6) is -0.310. The van der Waals surface area contributed by atoms with Crippen molar-refractivity contribution in [1.29, 1.82) is 0 Å². The largest absolute Gasteiger partial charge is 0.394 e. The fourth-order valence-corrected chi connectivity index (χ4v) is 9.65. The van der Waals surface area contributed by atoms with E-state index in [1.807, 2.05) is 12.2 Å². The van der Waals surface area contributed by atoms with Crippen molar-refractivity contribution in [3.63, 3.8) is 0 Å². The minimum absolute atomic E-state index is 0.187. The standard InChI is InChI=1S/C67H113NO13/c1-3-5-7-9-11-13-15-17-19-21-23-25-27-29-30-32-34-36-38-40-42-44-46-48-50-56(71)55(54-78-66-64(77)62(75)65(58(53-70)80-66)81-67-63(76)61(74)60(73)57(52-69)79-67)68-59(72)51-49-47-45-43-41-39-37-35-33-31-28-26-24-22-20-18-16-14-12-10-8-6-4-2/h6,8,12,14,18,20,24,26,31,33,37,39-40,42-43,45,48,50,55-58,60-67,69-71,73-77H,3-5,7,9-11,13,15-17,19,21-23,25,27-30,32,34-36,38,41,44,46-47,49,51-54H2,1-2H3,(H,68,72)/b8-6-,14-12-,20-18-,26-24-,33-31-,39-37-,42-40+,45-43-,50-48+. The van der Waals surface area contributed by atoms with Gasteiger partial charge in [-0.1, -0.05) is 232 Å². The van der Waals surface area contributed by atoms with Gasteiger partial charge in [-0.25, -0.2) is 0 Å². The van der Waals surface area contributed by atoms with Crippen LogP contribution in [-0.2, 0) is 23.7 Å². The minimum atomic E-state index is -1.80. The molecule has 0 aromatic heterocycles. The normalized spacial score (nSPS) is 24.9. The molecule has 14 nitrogen and oxygen atoms in total. The molecule has 464 valence electrons. The van der Waals surface area contributed by atoms with Crippen LogP contribution in [0, 0.1) is 0 Å².